The van der Waals surface area contributed by atoms with Crippen LogP contribution in [0.15, 0.2) is 98.7 Å². The largest absolute Gasteiger partial charge is 0.476 e. The van der Waals surface area contributed by atoms with Crippen molar-refractivity contribution < 1.29 is 105 Å². The van der Waals surface area contributed by atoms with Crippen LogP contribution in [0.2, 0.25) is 0 Å². The van der Waals surface area contributed by atoms with E-state index in [9.17, 15) is 38.4 Å². The number of carbonyl (C=O) groups excluding carboxylic acids is 8. The smallest absolute Gasteiger partial charge is 0.435 e. The molecule has 35 nitrogen and oxygen atoms in total. The highest BCUT2D eigenvalue weighted by molar-refractivity contribution is 9.09. The van der Waals surface area contributed by atoms with E-state index in [2.05, 4.69) is 96.7 Å². The second kappa shape index (κ2) is 43.4. The van der Waals surface area contributed by atoms with Crippen molar-refractivity contribution in [3.63, 3.8) is 0 Å². The number of aliphatic hydroxyl groups is 1. The summed E-state index contributed by atoms with van der Waals surface area (Å²) in [6.07, 6.45) is 14.9. The first-order chi connectivity index (χ1) is 53.5. The lowest BCUT2D eigenvalue weighted by atomic mass is 10.2. The van der Waals surface area contributed by atoms with E-state index in [1.165, 1.54) is 35.8 Å². The van der Waals surface area contributed by atoms with E-state index in [1.807, 2.05) is 83.1 Å². The number of alkyl halides is 2. The molecule has 116 heavy (non-hydrogen) atoms. The lowest BCUT2D eigenvalue weighted by molar-refractivity contribution is -0.114. The molecular weight excluding hydrogens is 1640 g/mol. The molecule has 0 spiro atoms. The number of ether oxygens (including phenoxy) is 13. The van der Waals surface area contributed by atoms with Gasteiger partial charge in [-0.05, 0) is 201 Å². The Morgan fingerprint density at radius 3 is 0.810 bits per heavy atom. The fourth-order valence-electron chi connectivity index (χ4n) is 8.25. The predicted octanol–water partition coefficient (Wildman–Crippen LogP) is 16.1. The molecule has 0 saturated heterocycles. The lowest BCUT2D eigenvalue weighted by Crippen LogP contribution is -2.33. The summed E-state index contributed by atoms with van der Waals surface area (Å²) >= 11 is 6.23. The number of hydrogen-bond donors (Lipinski definition) is 1. The van der Waals surface area contributed by atoms with Gasteiger partial charge in [0.2, 0.25) is 35.3 Å². The Kier molecular flexibility index (Phi) is 36.9. The third-order valence-electron chi connectivity index (χ3n) is 14.1. The quantitative estimate of drug-likeness (QED) is 0.0601. The molecule has 646 valence electrons. The molecule has 1 aliphatic heterocycles. The number of halogens is 2. The Bertz CT molecular complexity index is 3840. The van der Waals surface area contributed by atoms with E-state index < -0.39 is 81.9 Å². The SMILES string of the molecule is C=COc1ccn(C(=O)OC(C)(C)C)n1.CC(C)(C)OC(=O)N1C=CC(=O)C1.CC(C)(C)OC(=O)n1ccc(OCCBr)n1.C[C@@H]1C[C@@H]1Oc1ccn(C(=O)OC(C)(C)C)n1.C[C@@H]1C[C@H]1Oc1ccn(C(=O)OC(C)(C)C)n1.C[C@H]1C[C@@H]1Oc1ccn(C(=O)OC(C)(C)C)n1.C[C@H]1C[C@H]1Oc1ccn(C(=O)OC(C)(C)C)n1.OCCBr. The minimum Gasteiger partial charge on any atom is -0.476 e. The summed E-state index contributed by atoms with van der Waals surface area (Å²) in [6.45, 7) is 50.6. The van der Waals surface area contributed by atoms with Gasteiger partial charge in [-0.15, -0.1) is 30.6 Å². The number of aliphatic hydroxyl groups excluding tert-OH is 1. The van der Waals surface area contributed by atoms with Crippen LogP contribution in [-0.2, 0) is 38.0 Å². The van der Waals surface area contributed by atoms with E-state index in [1.54, 1.807) is 123 Å². The molecule has 6 aromatic rings. The van der Waals surface area contributed by atoms with Crippen molar-refractivity contribution in [2.45, 2.75) is 262 Å². The van der Waals surface area contributed by atoms with Gasteiger partial charge in [0.1, 0.15) is 63.6 Å². The Labute approximate surface area is 695 Å². The molecule has 0 radical (unpaired) electrons. The minimum atomic E-state index is -0.540. The van der Waals surface area contributed by atoms with Crippen molar-refractivity contribution in [2.75, 3.05) is 30.4 Å². The second-order valence-electron chi connectivity index (χ2n) is 34.1. The Morgan fingerprint density at radius 1 is 0.397 bits per heavy atom. The molecule has 1 N–H and O–H groups in total. The number of hydrogen-bond acceptors (Lipinski definition) is 28. The molecule has 6 aromatic heterocycles. The Morgan fingerprint density at radius 2 is 0.612 bits per heavy atom. The molecule has 0 aromatic carbocycles. The lowest BCUT2D eigenvalue weighted by Gasteiger charge is -2.22. The summed E-state index contributed by atoms with van der Waals surface area (Å²) in [7, 11) is 0. The van der Waals surface area contributed by atoms with Crippen LogP contribution in [0, 0.1) is 23.7 Å². The molecule has 1 amide bonds. The summed E-state index contributed by atoms with van der Waals surface area (Å²) in [5, 5.41) is 33.1. The monoisotopic (exact) mass is 1760 g/mol. The Hall–Kier alpha value is -9.78. The fraction of sp³-hybridized carbons (Fsp3) is 0.620. The normalized spacial score (nSPS) is 18.7. The van der Waals surface area contributed by atoms with E-state index in [4.69, 9.17) is 66.7 Å². The molecule has 4 aliphatic carbocycles. The summed E-state index contributed by atoms with van der Waals surface area (Å²) in [4.78, 5) is 93.0. The van der Waals surface area contributed by atoms with Gasteiger partial charge in [-0.1, -0.05) is 66.1 Å². The predicted molar refractivity (Wildman–Crippen MR) is 434 cm³/mol. The van der Waals surface area contributed by atoms with Gasteiger partial charge in [-0.2, -0.15) is 28.1 Å². The molecule has 0 bridgehead atoms. The highest BCUT2D eigenvalue weighted by atomic mass is 79.9. The molecule has 4 fully saturated rings. The molecule has 8 atom stereocenters. The van der Waals surface area contributed by atoms with Crippen molar-refractivity contribution in [2.24, 2.45) is 23.7 Å². The number of amides is 1. The summed E-state index contributed by atoms with van der Waals surface area (Å²) in [6, 6.07) is 9.87. The van der Waals surface area contributed by atoms with E-state index in [-0.39, 0.29) is 43.4 Å². The van der Waals surface area contributed by atoms with Crippen LogP contribution in [0.3, 0.4) is 0 Å². The highest BCUT2D eigenvalue weighted by Gasteiger charge is 2.39. The maximum absolute atomic E-state index is 11.7. The molecule has 4 saturated carbocycles. The average molecular weight is 1760 g/mol. The molecule has 0 unspecified atom stereocenters. The number of ketones is 1. The van der Waals surface area contributed by atoms with Crippen molar-refractivity contribution in [3.8, 4) is 35.3 Å². The van der Waals surface area contributed by atoms with Gasteiger partial charge in [-0.25, -0.2) is 33.6 Å². The second-order valence-corrected chi connectivity index (χ2v) is 35.7. The average Bonchev–Trinajstić information content (AvgIpc) is 1.70. The van der Waals surface area contributed by atoms with Crippen LogP contribution >= 0.6 is 31.9 Å². The molecule has 7 heterocycles. The first-order valence-corrected chi connectivity index (χ1v) is 40.0. The first kappa shape index (κ1) is 98.6. The van der Waals surface area contributed by atoms with Gasteiger partial charge in [0.05, 0.1) is 26.0 Å². The van der Waals surface area contributed by atoms with Crippen LogP contribution < -0.4 is 28.4 Å². The minimum absolute atomic E-state index is 0.0779. The van der Waals surface area contributed by atoms with Crippen molar-refractivity contribution >= 4 is 80.3 Å². The zero-order chi connectivity index (χ0) is 87.6. The molecule has 37 heteroatoms. The van der Waals surface area contributed by atoms with Gasteiger partial charge in [0.15, 0.2) is 5.78 Å². The number of aromatic nitrogens is 12. The van der Waals surface area contributed by atoms with Crippen molar-refractivity contribution in [3.05, 3.63) is 98.7 Å². The zero-order valence-electron chi connectivity index (χ0n) is 71.4. The Balaban J connectivity index is 0.000000283. The third kappa shape index (κ3) is 41.2. The zero-order valence-corrected chi connectivity index (χ0v) is 74.6. The molecular formula is C79H119Br2N13O22. The molecule has 11 rings (SSSR count). The number of nitrogens with zero attached hydrogens (tertiary/aromatic N) is 13. The van der Waals surface area contributed by atoms with Crippen molar-refractivity contribution in [1.29, 1.82) is 0 Å². The van der Waals surface area contributed by atoms with Crippen LogP contribution in [0.25, 0.3) is 0 Å². The van der Waals surface area contributed by atoms with E-state index in [0.29, 0.717) is 76.2 Å². The van der Waals surface area contributed by atoms with Gasteiger partial charge < -0.3 is 66.7 Å². The van der Waals surface area contributed by atoms with Gasteiger partial charge >= 0.3 is 42.7 Å². The van der Waals surface area contributed by atoms with Crippen LogP contribution in [0.5, 0.6) is 35.3 Å². The fourth-order valence-corrected chi connectivity index (χ4v) is 8.41. The van der Waals surface area contributed by atoms with Gasteiger partial charge in [0.25, 0.3) is 0 Å². The maximum atomic E-state index is 11.7. The number of rotatable bonds is 14. The van der Waals surface area contributed by atoms with E-state index >= 15 is 0 Å². The highest BCUT2D eigenvalue weighted by Crippen LogP contribution is 2.36. The van der Waals surface area contributed by atoms with Gasteiger partial charge in [-0.3, -0.25) is 9.69 Å². The topological polar surface area (TPSA) is 387 Å². The van der Waals surface area contributed by atoms with Gasteiger partial charge in [0, 0.05) is 90.4 Å². The van der Waals surface area contributed by atoms with Crippen LogP contribution in [0.1, 0.15) is 199 Å². The van der Waals surface area contributed by atoms with E-state index in [0.717, 1.165) is 53.8 Å². The first-order valence-electron chi connectivity index (χ1n) is 37.8. The summed E-state index contributed by atoms with van der Waals surface area (Å²) in [5.74, 6) is 4.88. The third-order valence-corrected chi connectivity index (χ3v) is 14.8. The van der Waals surface area contributed by atoms with Crippen LogP contribution in [0.4, 0.5) is 33.6 Å². The summed E-state index contributed by atoms with van der Waals surface area (Å²) in [5.41, 5.74) is -3.66. The standard InChI is InChI=1S/4C12H18N2O3.C10H15BrN2O3.C10H14N2O3.C9H13NO3.C2H5BrO/c4*1-8-7-9(8)16-10-5-6-14(13-10)11(15)17-12(2,3)4;1-10(2,3)16-9(14)13-6-4-8(12-13)15-7-5-11;1-5-14-8-6-7-12(11-8)9(13)15-10(2,3)4;1-9(2,3)13-8(12)10-5-4-7(11)6-10;3-1-2-4/h4*5-6,8-9H,7H2,1-4H3;4,6H,5,7H2,1-3H3;5-7H,1H2,2-4H3;4-5H,6H2,1-3H3;4H,1-2H2/t2*8-,9+;2*8-,9-;;;;/m1010..../s1. The number of carbonyl (C=O) groups is 8. The van der Waals surface area contributed by atoms with Crippen LogP contribution in [-0.4, -0.2) is 211 Å². The molecule has 5 aliphatic rings. The maximum Gasteiger partial charge on any atom is 0.435 e. The van der Waals surface area contributed by atoms with Crippen molar-refractivity contribution in [1.82, 2.24) is 63.6 Å². The summed E-state index contributed by atoms with van der Waals surface area (Å²) < 4.78 is 75.2.